The van der Waals surface area contributed by atoms with Gasteiger partial charge in [0.25, 0.3) is 0 Å². The average molecular weight is 260 g/mol. The van der Waals surface area contributed by atoms with Crippen LogP contribution >= 0.6 is 24.8 Å². The molecule has 4 N–H and O–H groups in total. The predicted molar refractivity (Wildman–Crippen MR) is 68.6 cm³/mol. The molecule has 94 valence electrons. The van der Waals surface area contributed by atoms with Crippen LogP contribution in [0.25, 0.3) is 0 Å². The van der Waals surface area contributed by atoms with E-state index in [1.807, 2.05) is 27.7 Å². The minimum atomic E-state index is -0.565. The highest BCUT2D eigenvalue weighted by Crippen LogP contribution is 2.06. The molecule has 1 atom stereocenters. The van der Waals surface area contributed by atoms with E-state index in [-0.39, 0.29) is 49.3 Å². The summed E-state index contributed by atoms with van der Waals surface area (Å²) in [6.45, 7) is 8.10. The summed E-state index contributed by atoms with van der Waals surface area (Å²) in [4.78, 5) is 13.4. The second kappa shape index (κ2) is 9.21. The second-order valence-electron chi connectivity index (χ2n) is 3.78. The van der Waals surface area contributed by atoms with E-state index in [2.05, 4.69) is 0 Å². The number of nitrogens with two attached hydrogens (primary N) is 2. The Bertz CT molecular complexity index is 169. The van der Waals surface area contributed by atoms with Gasteiger partial charge in [-0.05, 0) is 27.7 Å². The molecule has 1 unspecified atom stereocenters. The van der Waals surface area contributed by atoms with Crippen LogP contribution < -0.4 is 11.5 Å². The van der Waals surface area contributed by atoms with Gasteiger partial charge in [0.15, 0.2) is 0 Å². The minimum Gasteiger partial charge on any atom is -0.336 e. The molecule has 0 spiro atoms. The van der Waals surface area contributed by atoms with Crippen molar-refractivity contribution in [3.05, 3.63) is 0 Å². The molecule has 0 saturated heterocycles. The van der Waals surface area contributed by atoms with Crippen LogP contribution in [0.5, 0.6) is 0 Å². The number of hydrogen-bond donors (Lipinski definition) is 2. The van der Waals surface area contributed by atoms with Gasteiger partial charge >= 0.3 is 0 Å². The Hall–Kier alpha value is -0.0300. The number of halogens is 2. The van der Waals surface area contributed by atoms with E-state index in [9.17, 15) is 4.79 Å². The number of amides is 1. The lowest BCUT2D eigenvalue weighted by atomic mass is 10.1. The molecule has 0 aromatic carbocycles. The van der Waals surface area contributed by atoms with Crippen LogP contribution in [0.3, 0.4) is 0 Å². The van der Waals surface area contributed by atoms with E-state index in [1.165, 1.54) is 0 Å². The lowest BCUT2D eigenvalue weighted by Gasteiger charge is -2.32. The van der Waals surface area contributed by atoms with Gasteiger partial charge in [-0.2, -0.15) is 0 Å². The lowest BCUT2D eigenvalue weighted by molar-refractivity contribution is -0.135. The Morgan fingerprint density at radius 2 is 1.47 bits per heavy atom. The van der Waals surface area contributed by atoms with E-state index in [1.54, 1.807) is 4.90 Å². The smallest absolute Gasteiger partial charge is 0.241 e. The SMILES string of the molecule is CC(C)N(C(=O)C(N)CN)C(C)C.Cl.Cl. The van der Waals surface area contributed by atoms with Crippen molar-refractivity contribution in [1.82, 2.24) is 4.90 Å². The normalized spacial score (nSPS) is 11.7. The van der Waals surface area contributed by atoms with Crippen LogP contribution in [0.15, 0.2) is 0 Å². The van der Waals surface area contributed by atoms with Crippen molar-refractivity contribution in [2.75, 3.05) is 6.54 Å². The molecule has 0 aromatic rings. The standard InChI is InChI=1S/C9H21N3O.2ClH/c1-6(2)12(7(3)4)9(13)8(11)5-10;;/h6-8H,5,10-11H2,1-4H3;2*1H. The third-order valence-corrected chi connectivity index (χ3v) is 1.94. The van der Waals surface area contributed by atoms with Crippen LogP contribution in [-0.2, 0) is 4.79 Å². The first kappa shape index (κ1) is 20.4. The summed E-state index contributed by atoms with van der Waals surface area (Å²) in [6, 6.07) is -0.222. The van der Waals surface area contributed by atoms with E-state index < -0.39 is 6.04 Å². The summed E-state index contributed by atoms with van der Waals surface area (Å²) in [7, 11) is 0. The molecule has 6 heteroatoms. The number of rotatable bonds is 4. The van der Waals surface area contributed by atoms with Crippen molar-refractivity contribution in [2.45, 2.75) is 45.8 Å². The van der Waals surface area contributed by atoms with Crippen LogP contribution in [0, 0.1) is 0 Å². The first-order chi connectivity index (χ1) is 5.91. The summed E-state index contributed by atoms with van der Waals surface area (Å²) in [6.07, 6.45) is 0. The zero-order valence-corrected chi connectivity index (χ0v) is 11.4. The highest BCUT2D eigenvalue weighted by molar-refractivity contribution is 5.85. The molecule has 0 radical (unpaired) electrons. The summed E-state index contributed by atoms with van der Waals surface area (Å²) >= 11 is 0. The highest BCUT2D eigenvalue weighted by atomic mass is 35.5. The monoisotopic (exact) mass is 259 g/mol. The van der Waals surface area contributed by atoms with Crippen LogP contribution in [0.4, 0.5) is 0 Å². The van der Waals surface area contributed by atoms with Crippen molar-refractivity contribution in [3.63, 3.8) is 0 Å². The molecule has 0 saturated carbocycles. The van der Waals surface area contributed by atoms with Gasteiger partial charge in [0.1, 0.15) is 0 Å². The second-order valence-corrected chi connectivity index (χ2v) is 3.78. The van der Waals surface area contributed by atoms with E-state index in [0.717, 1.165) is 0 Å². The average Bonchev–Trinajstić information content (AvgIpc) is 2.01. The third-order valence-electron chi connectivity index (χ3n) is 1.94. The summed E-state index contributed by atoms with van der Waals surface area (Å²) in [5.41, 5.74) is 10.9. The fraction of sp³-hybridized carbons (Fsp3) is 0.889. The Morgan fingerprint density at radius 3 is 1.67 bits per heavy atom. The number of carbonyl (C=O) groups is 1. The Balaban J connectivity index is -0.000000720. The van der Waals surface area contributed by atoms with Gasteiger partial charge in [0.2, 0.25) is 5.91 Å². The maximum absolute atomic E-state index is 11.7. The van der Waals surface area contributed by atoms with Gasteiger partial charge in [0.05, 0.1) is 6.04 Å². The molecule has 0 aliphatic rings. The summed E-state index contributed by atoms with van der Waals surface area (Å²) in [5, 5.41) is 0. The van der Waals surface area contributed by atoms with Gasteiger partial charge < -0.3 is 16.4 Å². The molecule has 4 nitrogen and oxygen atoms in total. The third kappa shape index (κ3) is 6.20. The van der Waals surface area contributed by atoms with Gasteiger partial charge in [-0.15, -0.1) is 24.8 Å². The van der Waals surface area contributed by atoms with Crippen LogP contribution in [-0.4, -0.2) is 35.5 Å². The lowest BCUT2D eigenvalue weighted by Crippen LogP contribution is -2.52. The van der Waals surface area contributed by atoms with E-state index in [0.29, 0.717) is 0 Å². The van der Waals surface area contributed by atoms with Gasteiger partial charge in [-0.1, -0.05) is 0 Å². The highest BCUT2D eigenvalue weighted by Gasteiger charge is 2.24. The molecule has 0 fully saturated rings. The molecule has 15 heavy (non-hydrogen) atoms. The van der Waals surface area contributed by atoms with Gasteiger partial charge in [-0.3, -0.25) is 4.79 Å². The number of nitrogens with zero attached hydrogens (tertiary/aromatic N) is 1. The first-order valence-corrected chi connectivity index (χ1v) is 4.69. The van der Waals surface area contributed by atoms with Crippen LogP contribution in [0.1, 0.15) is 27.7 Å². The molecule has 0 aliphatic carbocycles. The maximum atomic E-state index is 11.7. The quantitative estimate of drug-likeness (QED) is 0.783. The molecule has 0 aromatic heterocycles. The predicted octanol–water partition coefficient (Wildman–Crippen LogP) is 0.761. The topological polar surface area (TPSA) is 72.3 Å². The fourth-order valence-corrected chi connectivity index (χ4v) is 1.40. The van der Waals surface area contributed by atoms with Crippen LogP contribution in [0.2, 0.25) is 0 Å². The van der Waals surface area contributed by atoms with Crippen molar-refractivity contribution in [1.29, 1.82) is 0 Å². The van der Waals surface area contributed by atoms with Crippen molar-refractivity contribution in [2.24, 2.45) is 11.5 Å². The van der Waals surface area contributed by atoms with E-state index >= 15 is 0 Å². The van der Waals surface area contributed by atoms with E-state index in [4.69, 9.17) is 11.5 Å². The Morgan fingerprint density at radius 1 is 1.13 bits per heavy atom. The molecule has 0 bridgehead atoms. The largest absolute Gasteiger partial charge is 0.336 e. The van der Waals surface area contributed by atoms with Gasteiger partial charge in [0, 0.05) is 18.6 Å². The Labute approximate surface area is 105 Å². The minimum absolute atomic E-state index is 0. The summed E-state index contributed by atoms with van der Waals surface area (Å²) < 4.78 is 0. The first-order valence-electron chi connectivity index (χ1n) is 4.69. The molecular formula is C9H23Cl2N3O. The fourth-order valence-electron chi connectivity index (χ4n) is 1.40. The van der Waals surface area contributed by atoms with Crippen molar-refractivity contribution in [3.8, 4) is 0 Å². The zero-order valence-electron chi connectivity index (χ0n) is 9.77. The van der Waals surface area contributed by atoms with Crippen molar-refractivity contribution < 1.29 is 4.79 Å². The maximum Gasteiger partial charge on any atom is 0.241 e. The summed E-state index contributed by atoms with van der Waals surface area (Å²) in [5.74, 6) is -0.0625. The number of hydrogen-bond acceptors (Lipinski definition) is 3. The number of carbonyl (C=O) groups excluding carboxylic acids is 1. The molecule has 1 amide bonds. The molecular weight excluding hydrogens is 237 g/mol. The molecule has 0 heterocycles. The van der Waals surface area contributed by atoms with Crippen molar-refractivity contribution >= 4 is 30.7 Å². The molecule has 0 rings (SSSR count). The Kier molecular flexibility index (Phi) is 12.5. The zero-order chi connectivity index (χ0) is 10.6. The van der Waals surface area contributed by atoms with Gasteiger partial charge in [-0.25, -0.2) is 0 Å². The molecule has 0 aliphatic heterocycles.